The molecule has 1 unspecified atom stereocenters. The molecule has 1 atom stereocenters. The molecule has 102 valence electrons. The van der Waals surface area contributed by atoms with Gasteiger partial charge in [-0.3, -0.25) is 0 Å². The molecule has 0 radical (unpaired) electrons. The molecule has 1 aromatic carbocycles. The number of hydrogen-bond acceptors (Lipinski definition) is 4. The van der Waals surface area contributed by atoms with Gasteiger partial charge in [0.05, 0.1) is 17.0 Å². The van der Waals surface area contributed by atoms with Crippen LogP contribution in [0.15, 0.2) is 36.4 Å². The second-order valence-electron chi connectivity index (χ2n) is 4.00. The zero-order valence-electron chi connectivity index (χ0n) is 10.6. The molecule has 1 aromatic heterocycles. The normalized spacial score (nSPS) is 12.4. The van der Waals surface area contributed by atoms with Crippen LogP contribution in [0.3, 0.4) is 0 Å². The van der Waals surface area contributed by atoms with Crippen LogP contribution in [-0.4, -0.2) is 20.3 Å². The van der Waals surface area contributed by atoms with E-state index in [1.165, 1.54) is 11.3 Å². The highest BCUT2D eigenvalue weighted by Crippen LogP contribution is 2.33. The second kappa shape index (κ2) is 6.91. The zero-order chi connectivity index (χ0) is 13.7. The summed E-state index contributed by atoms with van der Waals surface area (Å²) in [5.41, 5.74) is 7.23. The Morgan fingerprint density at radius 3 is 2.68 bits per heavy atom. The number of thiophene rings is 1. The van der Waals surface area contributed by atoms with Gasteiger partial charge in [-0.2, -0.15) is 0 Å². The lowest BCUT2D eigenvalue weighted by molar-refractivity contribution is 0.145. The fraction of sp³-hybridized carbons (Fsp3) is 0.286. The Kier molecular flexibility index (Phi) is 5.22. The molecule has 2 N–H and O–H groups in total. The van der Waals surface area contributed by atoms with Crippen LogP contribution in [0.1, 0.15) is 16.5 Å². The molecule has 0 fully saturated rings. The molecule has 0 spiro atoms. The third-order valence-electron chi connectivity index (χ3n) is 2.70. The number of benzene rings is 1. The average molecular weight is 298 g/mol. The summed E-state index contributed by atoms with van der Waals surface area (Å²) in [5.74, 6) is 0.788. The number of nitrogens with two attached hydrogens (primary N) is 1. The monoisotopic (exact) mass is 297 g/mol. The van der Waals surface area contributed by atoms with Crippen molar-refractivity contribution < 1.29 is 9.47 Å². The summed E-state index contributed by atoms with van der Waals surface area (Å²) in [4.78, 5) is 1.02. The quantitative estimate of drug-likeness (QED) is 0.830. The van der Waals surface area contributed by atoms with Crippen LogP contribution in [0.2, 0.25) is 4.34 Å². The number of para-hydroxylation sites is 1. The van der Waals surface area contributed by atoms with E-state index in [1.54, 1.807) is 7.11 Å². The van der Waals surface area contributed by atoms with Gasteiger partial charge in [-0.25, -0.2) is 0 Å². The standard InChI is InChI=1S/C14H16ClNO2S/c1-17-8-9-18-11-5-3-2-4-10(11)14(16)12-6-7-13(15)19-12/h2-7,14H,8-9,16H2,1H3. The molecule has 0 saturated heterocycles. The fourth-order valence-corrected chi connectivity index (χ4v) is 2.83. The van der Waals surface area contributed by atoms with Gasteiger partial charge in [-0.05, 0) is 18.2 Å². The highest BCUT2D eigenvalue weighted by Gasteiger charge is 2.15. The van der Waals surface area contributed by atoms with Crippen molar-refractivity contribution in [3.8, 4) is 5.75 Å². The predicted octanol–water partition coefficient (Wildman–Crippen LogP) is 3.47. The molecule has 0 bridgehead atoms. The van der Waals surface area contributed by atoms with Gasteiger partial charge < -0.3 is 15.2 Å². The first-order valence-corrected chi connectivity index (χ1v) is 7.13. The summed E-state index contributed by atoms with van der Waals surface area (Å²) in [6.07, 6.45) is 0. The van der Waals surface area contributed by atoms with E-state index in [2.05, 4.69) is 0 Å². The topological polar surface area (TPSA) is 44.5 Å². The smallest absolute Gasteiger partial charge is 0.124 e. The molecule has 0 aliphatic rings. The molecule has 0 aliphatic heterocycles. The molecule has 2 rings (SSSR count). The first-order valence-electron chi connectivity index (χ1n) is 5.94. The van der Waals surface area contributed by atoms with Gasteiger partial charge >= 0.3 is 0 Å². The van der Waals surface area contributed by atoms with Crippen molar-refractivity contribution in [2.24, 2.45) is 5.73 Å². The zero-order valence-corrected chi connectivity index (χ0v) is 12.2. The molecule has 0 saturated carbocycles. The van der Waals surface area contributed by atoms with Crippen molar-refractivity contribution in [2.75, 3.05) is 20.3 Å². The van der Waals surface area contributed by atoms with Gasteiger partial charge in [0, 0.05) is 17.6 Å². The van der Waals surface area contributed by atoms with Gasteiger partial charge in [0.15, 0.2) is 0 Å². The van der Waals surface area contributed by atoms with Crippen LogP contribution >= 0.6 is 22.9 Å². The maximum Gasteiger partial charge on any atom is 0.124 e. The molecule has 19 heavy (non-hydrogen) atoms. The van der Waals surface area contributed by atoms with E-state index < -0.39 is 0 Å². The average Bonchev–Trinajstić information content (AvgIpc) is 2.85. The van der Waals surface area contributed by atoms with Crippen molar-refractivity contribution in [1.82, 2.24) is 0 Å². The number of rotatable bonds is 6. The van der Waals surface area contributed by atoms with Gasteiger partial charge in [0.2, 0.25) is 0 Å². The van der Waals surface area contributed by atoms with Crippen molar-refractivity contribution in [3.05, 3.63) is 51.2 Å². The predicted molar refractivity (Wildman–Crippen MR) is 79.2 cm³/mol. The van der Waals surface area contributed by atoms with Crippen molar-refractivity contribution >= 4 is 22.9 Å². The summed E-state index contributed by atoms with van der Waals surface area (Å²) in [5, 5.41) is 0. The van der Waals surface area contributed by atoms with E-state index in [4.69, 9.17) is 26.8 Å². The molecule has 0 aliphatic carbocycles. The van der Waals surface area contributed by atoms with Gasteiger partial charge in [-0.15, -0.1) is 11.3 Å². The van der Waals surface area contributed by atoms with Crippen LogP contribution in [0.5, 0.6) is 5.75 Å². The summed E-state index contributed by atoms with van der Waals surface area (Å²) in [7, 11) is 1.65. The Morgan fingerprint density at radius 2 is 2.00 bits per heavy atom. The molecule has 2 aromatic rings. The van der Waals surface area contributed by atoms with E-state index in [9.17, 15) is 0 Å². The minimum Gasteiger partial charge on any atom is -0.491 e. The van der Waals surface area contributed by atoms with E-state index in [0.717, 1.165) is 20.5 Å². The molecular formula is C14H16ClNO2S. The number of hydrogen-bond donors (Lipinski definition) is 1. The SMILES string of the molecule is COCCOc1ccccc1C(N)c1ccc(Cl)s1. The lowest BCUT2D eigenvalue weighted by Gasteiger charge is -2.15. The van der Waals surface area contributed by atoms with Gasteiger partial charge in [-0.1, -0.05) is 29.8 Å². The molecule has 0 amide bonds. The Morgan fingerprint density at radius 1 is 1.21 bits per heavy atom. The largest absolute Gasteiger partial charge is 0.491 e. The highest BCUT2D eigenvalue weighted by atomic mass is 35.5. The van der Waals surface area contributed by atoms with Crippen LogP contribution < -0.4 is 10.5 Å². The maximum absolute atomic E-state index is 6.28. The highest BCUT2D eigenvalue weighted by molar-refractivity contribution is 7.16. The number of halogens is 1. The van der Waals surface area contributed by atoms with Crippen molar-refractivity contribution in [3.63, 3.8) is 0 Å². The Hall–Kier alpha value is -1.07. The van der Waals surface area contributed by atoms with E-state index in [1.807, 2.05) is 36.4 Å². The molecule has 1 heterocycles. The number of methoxy groups -OCH3 is 1. The lowest BCUT2D eigenvalue weighted by Crippen LogP contribution is -2.13. The first-order chi connectivity index (χ1) is 9.22. The first kappa shape index (κ1) is 14.3. The summed E-state index contributed by atoms with van der Waals surface area (Å²) >= 11 is 7.44. The van der Waals surface area contributed by atoms with Gasteiger partial charge in [0.25, 0.3) is 0 Å². The third-order valence-corrected chi connectivity index (χ3v) is 4.01. The third kappa shape index (κ3) is 3.70. The van der Waals surface area contributed by atoms with E-state index in [0.29, 0.717) is 13.2 Å². The van der Waals surface area contributed by atoms with Crippen LogP contribution in [0, 0.1) is 0 Å². The Bertz CT molecular complexity index is 530. The Labute approximate surface area is 121 Å². The van der Waals surface area contributed by atoms with Crippen molar-refractivity contribution in [2.45, 2.75) is 6.04 Å². The minimum atomic E-state index is -0.226. The van der Waals surface area contributed by atoms with Gasteiger partial charge in [0.1, 0.15) is 12.4 Å². The molecule has 3 nitrogen and oxygen atoms in total. The fourth-order valence-electron chi connectivity index (χ4n) is 1.75. The van der Waals surface area contributed by atoms with Crippen LogP contribution in [-0.2, 0) is 4.74 Å². The van der Waals surface area contributed by atoms with Crippen LogP contribution in [0.25, 0.3) is 0 Å². The molecule has 5 heteroatoms. The van der Waals surface area contributed by atoms with E-state index in [-0.39, 0.29) is 6.04 Å². The van der Waals surface area contributed by atoms with Crippen molar-refractivity contribution in [1.29, 1.82) is 0 Å². The summed E-state index contributed by atoms with van der Waals surface area (Å²) < 4.78 is 11.4. The summed E-state index contributed by atoms with van der Waals surface area (Å²) in [6.45, 7) is 1.06. The number of ether oxygens (including phenoxy) is 2. The Balaban J connectivity index is 2.18. The minimum absolute atomic E-state index is 0.226. The maximum atomic E-state index is 6.28. The lowest BCUT2D eigenvalue weighted by atomic mass is 10.1. The summed E-state index contributed by atoms with van der Waals surface area (Å²) in [6, 6.07) is 11.4. The second-order valence-corrected chi connectivity index (χ2v) is 5.75. The van der Waals surface area contributed by atoms with E-state index >= 15 is 0 Å². The van der Waals surface area contributed by atoms with Crippen LogP contribution in [0.4, 0.5) is 0 Å². The molecular weight excluding hydrogens is 282 g/mol.